The molecule has 1 aromatic heterocycles. The quantitative estimate of drug-likeness (QED) is 0.898. The highest BCUT2D eigenvalue weighted by Crippen LogP contribution is 2.26. The summed E-state index contributed by atoms with van der Waals surface area (Å²) >= 11 is 0. The molecular formula is C16H28N4. The fourth-order valence-electron chi connectivity index (χ4n) is 2.83. The maximum absolute atomic E-state index is 5.96. The number of nitrogens with two attached hydrogens (primary N) is 1. The van der Waals surface area contributed by atoms with E-state index in [-0.39, 0.29) is 6.04 Å². The van der Waals surface area contributed by atoms with E-state index in [0.717, 1.165) is 49.3 Å². The molecule has 1 unspecified atom stereocenters. The topological polar surface area (TPSA) is 55.0 Å². The van der Waals surface area contributed by atoms with Crippen molar-refractivity contribution in [3.05, 3.63) is 18.0 Å². The Balaban J connectivity index is 1.91. The Kier molecular flexibility index (Phi) is 5.35. The van der Waals surface area contributed by atoms with Crippen molar-refractivity contribution in [2.24, 2.45) is 17.6 Å². The maximum Gasteiger partial charge on any atom is 0.225 e. The van der Waals surface area contributed by atoms with E-state index in [9.17, 15) is 0 Å². The predicted octanol–water partition coefficient (Wildman–Crippen LogP) is 2.63. The molecule has 1 aromatic rings. The van der Waals surface area contributed by atoms with Crippen molar-refractivity contribution < 1.29 is 0 Å². The largest absolute Gasteiger partial charge is 0.341 e. The highest BCUT2D eigenvalue weighted by atomic mass is 15.2. The average Bonchev–Trinajstić information content (AvgIpc) is 2.48. The highest BCUT2D eigenvalue weighted by molar-refractivity contribution is 5.30. The first kappa shape index (κ1) is 15.2. The molecular weight excluding hydrogens is 248 g/mol. The summed E-state index contributed by atoms with van der Waals surface area (Å²) in [5.41, 5.74) is 7.10. The first-order valence-corrected chi connectivity index (χ1v) is 7.91. The van der Waals surface area contributed by atoms with Gasteiger partial charge in [-0.3, -0.25) is 0 Å². The van der Waals surface area contributed by atoms with Crippen LogP contribution in [0.4, 0.5) is 5.95 Å². The Bertz CT molecular complexity index is 393. The third-order valence-electron chi connectivity index (χ3n) is 4.48. The SMILES string of the molecule is CCC(N)Cc1cnc(N2CCC(C(C)C)CC2)nc1. The zero-order valence-electron chi connectivity index (χ0n) is 13.0. The molecule has 0 saturated carbocycles. The summed E-state index contributed by atoms with van der Waals surface area (Å²) in [6, 6.07) is 0.214. The Labute approximate surface area is 122 Å². The minimum atomic E-state index is 0.214. The molecule has 2 N–H and O–H groups in total. The van der Waals surface area contributed by atoms with E-state index in [1.165, 1.54) is 12.8 Å². The molecule has 1 saturated heterocycles. The Morgan fingerprint density at radius 1 is 1.25 bits per heavy atom. The zero-order valence-corrected chi connectivity index (χ0v) is 13.0. The van der Waals surface area contributed by atoms with Crippen molar-refractivity contribution in [3.8, 4) is 0 Å². The standard InChI is InChI=1S/C16H28N4/c1-4-15(17)9-13-10-18-16(19-11-13)20-7-5-14(6-8-20)12(2)3/h10-12,14-15H,4-9,17H2,1-3H3. The van der Waals surface area contributed by atoms with E-state index in [2.05, 4.69) is 35.6 Å². The lowest BCUT2D eigenvalue weighted by atomic mass is 9.87. The molecule has 4 nitrogen and oxygen atoms in total. The normalized spacial score (nSPS) is 18.6. The van der Waals surface area contributed by atoms with Gasteiger partial charge in [-0.25, -0.2) is 9.97 Å². The van der Waals surface area contributed by atoms with Crippen LogP contribution in [0, 0.1) is 11.8 Å². The maximum atomic E-state index is 5.96. The van der Waals surface area contributed by atoms with Gasteiger partial charge >= 0.3 is 0 Å². The van der Waals surface area contributed by atoms with Gasteiger partial charge in [0.2, 0.25) is 5.95 Å². The molecule has 1 aliphatic rings. The lowest BCUT2D eigenvalue weighted by Gasteiger charge is -2.33. The van der Waals surface area contributed by atoms with Gasteiger partial charge in [0, 0.05) is 31.5 Å². The minimum absolute atomic E-state index is 0.214. The summed E-state index contributed by atoms with van der Waals surface area (Å²) in [4.78, 5) is 11.3. The molecule has 20 heavy (non-hydrogen) atoms. The average molecular weight is 276 g/mol. The van der Waals surface area contributed by atoms with Crippen molar-refractivity contribution in [2.45, 2.75) is 52.5 Å². The fourth-order valence-corrected chi connectivity index (χ4v) is 2.83. The van der Waals surface area contributed by atoms with Crippen molar-refractivity contribution in [3.63, 3.8) is 0 Å². The molecule has 1 atom stereocenters. The second kappa shape index (κ2) is 7.02. The van der Waals surface area contributed by atoms with Crippen molar-refractivity contribution in [1.29, 1.82) is 0 Å². The Hall–Kier alpha value is -1.16. The van der Waals surface area contributed by atoms with Crippen LogP contribution < -0.4 is 10.6 Å². The van der Waals surface area contributed by atoms with Gasteiger partial charge in [0.05, 0.1) is 0 Å². The summed E-state index contributed by atoms with van der Waals surface area (Å²) in [7, 11) is 0. The third kappa shape index (κ3) is 3.92. The van der Waals surface area contributed by atoms with E-state index >= 15 is 0 Å². The van der Waals surface area contributed by atoms with Crippen LogP contribution in [0.2, 0.25) is 0 Å². The molecule has 4 heteroatoms. The zero-order chi connectivity index (χ0) is 14.5. The molecule has 0 radical (unpaired) electrons. The number of rotatable bonds is 5. The summed E-state index contributed by atoms with van der Waals surface area (Å²) in [6.45, 7) is 8.91. The van der Waals surface area contributed by atoms with Gasteiger partial charge in [0.15, 0.2) is 0 Å². The molecule has 0 aliphatic carbocycles. The number of nitrogens with zero attached hydrogens (tertiary/aromatic N) is 3. The molecule has 0 spiro atoms. The number of aromatic nitrogens is 2. The van der Waals surface area contributed by atoms with E-state index in [4.69, 9.17) is 5.73 Å². The van der Waals surface area contributed by atoms with E-state index in [1.54, 1.807) is 0 Å². The summed E-state index contributed by atoms with van der Waals surface area (Å²) in [5.74, 6) is 2.52. The van der Waals surface area contributed by atoms with Gasteiger partial charge in [-0.05, 0) is 43.1 Å². The van der Waals surface area contributed by atoms with Crippen LogP contribution in [0.1, 0.15) is 45.6 Å². The first-order chi connectivity index (χ1) is 9.60. The van der Waals surface area contributed by atoms with Crippen LogP contribution in [0.3, 0.4) is 0 Å². The first-order valence-electron chi connectivity index (χ1n) is 7.91. The van der Waals surface area contributed by atoms with Gasteiger partial charge < -0.3 is 10.6 Å². The molecule has 1 aliphatic heterocycles. The van der Waals surface area contributed by atoms with Gasteiger partial charge in [0.1, 0.15) is 0 Å². The van der Waals surface area contributed by atoms with E-state index in [1.807, 2.05) is 12.4 Å². The molecule has 0 aromatic carbocycles. The van der Waals surface area contributed by atoms with Gasteiger partial charge in [-0.2, -0.15) is 0 Å². The number of piperidine rings is 1. The smallest absolute Gasteiger partial charge is 0.225 e. The second-order valence-electron chi connectivity index (χ2n) is 6.33. The lowest BCUT2D eigenvalue weighted by molar-refractivity contribution is 0.310. The fraction of sp³-hybridized carbons (Fsp3) is 0.750. The Morgan fingerprint density at radius 2 is 1.85 bits per heavy atom. The summed E-state index contributed by atoms with van der Waals surface area (Å²) in [5, 5.41) is 0. The van der Waals surface area contributed by atoms with Gasteiger partial charge in [0.25, 0.3) is 0 Å². The van der Waals surface area contributed by atoms with Crippen LogP contribution in [0.5, 0.6) is 0 Å². The Morgan fingerprint density at radius 3 is 2.35 bits per heavy atom. The predicted molar refractivity (Wildman–Crippen MR) is 83.8 cm³/mol. The summed E-state index contributed by atoms with van der Waals surface area (Å²) in [6.07, 6.45) is 8.24. The molecule has 2 heterocycles. The van der Waals surface area contributed by atoms with Crippen molar-refractivity contribution in [2.75, 3.05) is 18.0 Å². The number of anilines is 1. The number of hydrogen-bond acceptors (Lipinski definition) is 4. The molecule has 0 bridgehead atoms. The van der Waals surface area contributed by atoms with Crippen LogP contribution in [0.15, 0.2) is 12.4 Å². The van der Waals surface area contributed by atoms with E-state index < -0.39 is 0 Å². The van der Waals surface area contributed by atoms with Crippen LogP contribution in [-0.4, -0.2) is 29.1 Å². The molecule has 0 amide bonds. The lowest BCUT2D eigenvalue weighted by Crippen LogP contribution is -2.36. The molecule has 112 valence electrons. The second-order valence-corrected chi connectivity index (χ2v) is 6.33. The monoisotopic (exact) mass is 276 g/mol. The third-order valence-corrected chi connectivity index (χ3v) is 4.48. The van der Waals surface area contributed by atoms with Crippen molar-refractivity contribution >= 4 is 5.95 Å². The highest BCUT2D eigenvalue weighted by Gasteiger charge is 2.22. The van der Waals surface area contributed by atoms with Crippen LogP contribution in [0.25, 0.3) is 0 Å². The van der Waals surface area contributed by atoms with Crippen LogP contribution >= 0.6 is 0 Å². The number of hydrogen-bond donors (Lipinski definition) is 1. The van der Waals surface area contributed by atoms with Crippen LogP contribution in [-0.2, 0) is 6.42 Å². The van der Waals surface area contributed by atoms with Gasteiger partial charge in [-0.15, -0.1) is 0 Å². The van der Waals surface area contributed by atoms with Gasteiger partial charge in [-0.1, -0.05) is 20.8 Å². The van der Waals surface area contributed by atoms with E-state index in [0.29, 0.717) is 0 Å². The summed E-state index contributed by atoms with van der Waals surface area (Å²) < 4.78 is 0. The molecule has 1 fully saturated rings. The van der Waals surface area contributed by atoms with Crippen molar-refractivity contribution in [1.82, 2.24) is 9.97 Å². The molecule has 2 rings (SSSR count). The minimum Gasteiger partial charge on any atom is -0.341 e.